The fourth-order valence-electron chi connectivity index (χ4n) is 8.57. The lowest BCUT2D eigenvalue weighted by atomic mass is 10.0. The SMILES string of the molecule is C[N+](C)(C)c1ccc(NC(=O)Nc2ccc(S(=O)(=O)Nc3ccccc3)cc2)cc1.Cc1ccc(CNS(=O)(=O)c2ccc(NC(=O)Nc3ccccc3)cc2)cc1.I.O=C(Nc1ccccc1)Nc1ccc(S(=O)(=O)N2CCc3ccccc3C2)cc1. The molecule has 6 amide bonds. The van der Waals surface area contributed by atoms with Gasteiger partial charge in [0.2, 0.25) is 20.0 Å². The van der Waals surface area contributed by atoms with Crippen LogP contribution in [0.2, 0.25) is 0 Å². The molecule has 0 radical (unpaired) electrons. The van der Waals surface area contributed by atoms with Crippen LogP contribution < -0.4 is 45.8 Å². The molecule has 0 atom stereocenters. The quantitative estimate of drug-likeness (QED) is 0.0338. The number of amides is 6. The first-order valence-electron chi connectivity index (χ1n) is 27.3. The minimum Gasteiger partial charge on any atom is -0.308 e. The number of quaternary nitrogens is 1. The topological polar surface area (TPSA) is 253 Å². The minimum atomic E-state index is -3.70. The van der Waals surface area contributed by atoms with Crippen molar-refractivity contribution in [1.29, 1.82) is 0 Å². The van der Waals surface area contributed by atoms with E-state index in [0.717, 1.165) is 22.4 Å². The van der Waals surface area contributed by atoms with Crippen LogP contribution in [-0.2, 0) is 49.6 Å². The number of hydrogen-bond acceptors (Lipinski definition) is 9. The minimum absolute atomic E-state index is 0. The van der Waals surface area contributed by atoms with E-state index < -0.39 is 42.1 Å². The summed E-state index contributed by atoms with van der Waals surface area (Å²) < 4.78 is 83.1. The normalized spacial score (nSPS) is 12.1. The number of carbonyl (C=O) groups excluding carboxylic acids is 3. The zero-order valence-corrected chi connectivity index (χ0v) is 53.3. The second kappa shape index (κ2) is 30.6. The first-order valence-corrected chi connectivity index (χ1v) is 31.8. The van der Waals surface area contributed by atoms with E-state index in [2.05, 4.69) is 62.5 Å². The summed E-state index contributed by atoms with van der Waals surface area (Å²) >= 11 is 0. The van der Waals surface area contributed by atoms with Crippen LogP contribution in [0.5, 0.6) is 0 Å². The van der Waals surface area contributed by atoms with Gasteiger partial charge in [-0.05, 0) is 151 Å². The highest BCUT2D eigenvalue weighted by atomic mass is 127. The number of nitrogens with one attached hydrogen (secondary N) is 8. The van der Waals surface area contributed by atoms with Crippen LogP contribution >= 0.6 is 24.0 Å². The maximum Gasteiger partial charge on any atom is 0.323 e. The second-order valence-corrected chi connectivity index (χ2v) is 26.1. The van der Waals surface area contributed by atoms with Gasteiger partial charge in [0, 0.05) is 71.6 Å². The highest BCUT2D eigenvalue weighted by Crippen LogP contribution is 2.27. The van der Waals surface area contributed by atoms with Crippen molar-refractivity contribution in [3.8, 4) is 0 Å². The maximum atomic E-state index is 13.0. The number of nitrogens with zero attached hydrogens (tertiary/aromatic N) is 2. The van der Waals surface area contributed by atoms with Gasteiger partial charge in [0.15, 0.2) is 0 Å². The van der Waals surface area contributed by atoms with Crippen LogP contribution in [0.1, 0.15) is 22.3 Å². The lowest BCUT2D eigenvalue weighted by molar-refractivity contribution is 0.261. The van der Waals surface area contributed by atoms with E-state index in [1.807, 2.05) is 122 Å². The summed E-state index contributed by atoms with van der Waals surface area (Å²) in [6.07, 6.45) is 0.703. The van der Waals surface area contributed by atoms with Crippen LogP contribution in [0.4, 0.5) is 59.9 Å². The van der Waals surface area contributed by atoms with Gasteiger partial charge in [-0.3, -0.25) is 9.21 Å². The highest BCUT2D eigenvalue weighted by Gasteiger charge is 2.28. The van der Waals surface area contributed by atoms with Crippen LogP contribution in [0.15, 0.2) is 251 Å². The number of carbonyl (C=O) groups is 3. The first kappa shape index (κ1) is 66.6. The summed E-state index contributed by atoms with van der Waals surface area (Å²) in [6.45, 7) is 3.02. The number of halogens is 1. The van der Waals surface area contributed by atoms with Gasteiger partial charge in [0.05, 0.1) is 35.8 Å². The Bertz CT molecular complexity index is 4120. The van der Waals surface area contributed by atoms with Crippen molar-refractivity contribution < 1.29 is 39.6 Å². The molecule has 0 fully saturated rings. The van der Waals surface area contributed by atoms with E-state index in [1.165, 1.54) is 46.3 Å². The third-order valence-electron chi connectivity index (χ3n) is 13.3. The van der Waals surface area contributed by atoms with Crippen molar-refractivity contribution in [2.75, 3.05) is 64.3 Å². The lowest BCUT2D eigenvalue weighted by Gasteiger charge is -2.28. The zero-order chi connectivity index (χ0) is 62.0. The molecule has 0 aliphatic carbocycles. The zero-order valence-electron chi connectivity index (χ0n) is 48.5. The van der Waals surface area contributed by atoms with Gasteiger partial charge in [-0.25, -0.2) is 44.4 Å². The summed E-state index contributed by atoms with van der Waals surface area (Å²) in [6, 6.07) is 66.9. The average molecular weight is 1360 g/mol. The molecule has 1 aliphatic heterocycles. The number of hydrogen-bond donors (Lipinski definition) is 8. The van der Waals surface area contributed by atoms with Crippen molar-refractivity contribution in [1.82, 2.24) is 13.5 Å². The molecule has 0 aromatic heterocycles. The predicted molar refractivity (Wildman–Crippen MR) is 362 cm³/mol. The molecule has 0 saturated heterocycles. The molecule has 10 rings (SSSR count). The second-order valence-electron chi connectivity index (χ2n) is 20.7. The van der Waals surface area contributed by atoms with Crippen molar-refractivity contribution >= 4 is 118 Å². The largest absolute Gasteiger partial charge is 0.323 e. The molecule has 23 heteroatoms. The molecule has 0 bridgehead atoms. The van der Waals surface area contributed by atoms with Crippen molar-refractivity contribution in [3.63, 3.8) is 0 Å². The number of aryl methyl sites for hydroxylation is 1. The summed E-state index contributed by atoms with van der Waals surface area (Å²) in [5.74, 6) is 0. The fraction of sp³-hybridized carbons (Fsp3) is 0.123. The third kappa shape index (κ3) is 19.8. The van der Waals surface area contributed by atoms with Gasteiger partial charge in [0.1, 0.15) is 5.69 Å². The molecule has 0 spiro atoms. The van der Waals surface area contributed by atoms with Crippen molar-refractivity contribution in [2.24, 2.45) is 0 Å². The monoisotopic (exact) mass is 1360 g/mol. The summed E-state index contributed by atoms with van der Waals surface area (Å²) in [5.41, 5.74) is 9.32. The standard InChI is InChI=1S/C22H24N4O3S.C22H21N3O3S.C21H21N3O3S.HI/c1-26(2,3)20-13-9-17(10-14-20)23-22(27)24-18-11-15-21(16-12-18)30(28,29)25-19-7-5-4-6-8-19;26-22(23-19-8-2-1-3-9-19)24-20-10-12-21(13-11-20)29(27,28)25-15-14-17-6-4-5-7-18(17)16-25;1-16-7-9-17(10-8-16)15-22-28(26,27)20-13-11-19(12-14-20)24-21(25)23-18-5-3-2-4-6-18;/h4-16,25H,1-3H3,(H-,23,24,27);1-13H,14-16H2,(H2,23,24,26);2-14,22H,15H2,1H3,(H2,23,24,25);1H/p+1. The van der Waals surface area contributed by atoms with E-state index in [1.54, 1.807) is 84.9 Å². The number of urea groups is 3. The summed E-state index contributed by atoms with van der Waals surface area (Å²) in [5, 5.41) is 16.2. The Kier molecular flexibility index (Phi) is 23.2. The Morgan fingerprint density at radius 2 is 0.761 bits per heavy atom. The van der Waals surface area contributed by atoms with E-state index in [4.69, 9.17) is 0 Å². The molecule has 19 nitrogen and oxygen atoms in total. The molecule has 0 unspecified atom stereocenters. The van der Waals surface area contributed by atoms with E-state index in [0.29, 0.717) is 63.8 Å². The molecule has 0 saturated carbocycles. The Labute approximate surface area is 531 Å². The number of benzene rings is 9. The predicted octanol–water partition coefficient (Wildman–Crippen LogP) is 13.1. The molecule has 1 heterocycles. The van der Waals surface area contributed by atoms with Crippen LogP contribution in [0.3, 0.4) is 0 Å². The van der Waals surface area contributed by atoms with E-state index in [-0.39, 0.29) is 51.2 Å². The Morgan fingerprint density at radius 3 is 1.18 bits per heavy atom. The van der Waals surface area contributed by atoms with Gasteiger partial charge in [-0.15, -0.1) is 24.0 Å². The van der Waals surface area contributed by atoms with Crippen molar-refractivity contribution in [2.45, 2.75) is 41.1 Å². The smallest absolute Gasteiger partial charge is 0.308 e. The Hall–Kier alpha value is -8.95. The fourth-order valence-corrected chi connectivity index (χ4v) is 12.1. The molecule has 8 N–H and O–H groups in total. The number of fused-ring (bicyclic) bond motifs is 1. The molecule has 88 heavy (non-hydrogen) atoms. The molecular formula is C65H68IN10O9S3+. The van der Waals surface area contributed by atoms with Crippen LogP contribution in [-0.4, -0.2) is 75.3 Å². The third-order valence-corrected chi connectivity index (χ3v) is 17.9. The lowest BCUT2D eigenvalue weighted by Crippen LogP contribution is -2.35. The van der Waals surface area contributed by atoms with E-state index in [9.17, 15) is 39.6 Å². The van der Waals surface area contributed by atoms with Gasteiger partial charge < -0.3 is 31.9 Å². The summed E-state index contributed by atoms with van der Waals surface area (Å²) in [7, 11) is -4.75. The number of sulfonamides is 3. The molecule has 9 aromatic rings. The summed E-state index contributed by atoms with van der Waals surface area (Å²) in [4.78, 5) is 36.8. The average Bonchev–Trinajstić information content (AvgIpc) is 3.01. The Balaban J connectivity index is 0.000000187. The van der Waals surface area contributed by atoms with Gasteiger partial charge in [-0.1, -0.05) is 109 Å². The highest BCUT2D eigenvalue weighted by molar-refractivity contribution is 14.0. The van der Waals surface area contributed by atoms with E-state index >= 15 is 0 Å². The molecule has 1 aliphatic rings. The number of rotatable bonds is 16. The molecular weight excluding hydrogens is 1290 g/mol. The van der Waals surface area contributed by atoms with Crippen LogP contribution in [0, 0.1) is 6.92 Å². The van der Waals surface area contributed by atoms with Crippen molar-refractivity contribution in [3.05, 3.63) is 259 Å². The maximum absolute atomic E-state index is 13.0. The van der Waals surface area contributed by atoms with Gasteiger partial charge >= 0.3 is 18.1 Å². The Morgan fingerprint density at radius 1 is 0.409 bits per heavy atom. The first-order chi connectivity index (χ1) is 41.6. The van der Waals surface area contributed by atoms with Gasteiger partial charge in [-0.2, -0.15) is 4.31 Å². The molecule has 456 valence electrons. The number of para-hydroxylation sites is 3. The number of anilines is 7. The van der Waals surface area contributed by atoms with Gasteiger partial charge in [0.25, 0.3) is 10.0 Å². The molecule has 9 aromatic carbocycles. The van der Waals surface area contributed by atoms with Crippen LogP contribution in [0.25, 0.3) is 0 Å².